The Morgan fingerprint density at radius 1 is 0.840 bits per heavy atom. The van der Waals surface area contributed by atoms with Gasteiger partial charge in [-0.05, 0) is 35.9 Å². The predicted octanol–water partition coefficient (Wildman–Crippen LogP) is 4.48. The maximum Gasteiger partial charge on any atom is 0.134 e. The Labute approximate surface area is 143 Å². The van der Waals surface area contributed by atoms with Crippen molar-refractivity contribution in [1.82, 2.24) is 20.2 Å². The van der Waals surface area contributed by atoms with Crippen molar-refractivity contribution in [3.63, 3.8) is 0 Å². The molecule has 0 saturated heterocycles. The number of para-hydroxylation sites is 1. The van der Waals surface area contributed by atoms with Gasteiger partial charge in [0.25, 0.3) is 0 Å². The van der Waals surface area contributed by atoms with Gasteiger partial charge < -0.3 is 10.1 Å². The molecule has 2 aromatic carbocycles. The molecule has 0 aliphatic carbocycles. The van der Waals surface area contributed by atoms with Gasteiger partial charge in [0.05, 0.1) is 17.4 Å². The highest BCUT2D eigenvalue weighted by atomic mass is 16.3. The topological polar surface area (TPSA) is 77.6 Å². The first kappa shape index (κ1) is 13.8. The molecular weight excluding hydrogens is 312 g/mol. The van der Waals surface area contributed by atoms with Crippen LogP contribution >= 0.6 is 0 Å². The zero-order valence-corrected chi connectivity index (χ0v) is 13.2. The lowest BCUT2D eigenvalue weighted by Gasteiger charge is -2.02. The van der Waals surface area contributed by atoms with Crippen LogP contribution in [0.4, 0.5) is 0 Å². The number of nitrogens with one attached hydrogen (secondary N) is 2. The summed E-state index contributed by atoms with van der Waals surface area (Å²) in [6.07, 6.45) is 3.17. The molecule has 0 radical (unpaired) electrons. The van der Waals surface area contributed by atoms with Gasteiger partial charge in [-0.3, -0.25) is 10.1 Å². The summed E-state index contributed by atoms with van der Waals surface area (Å²) < 4.78 is 0. The Morgan fingerprint density at radius 3 is 2.64 bits per heavy atom. The van der Waals surface area contributed by atoms with Crippen molar-refractivity contribution < 1.29 is 5.11 Å². The van der Waals surface area contributed by atoms with Crippen LogP contribution in [0.2, 0.25) is 0 Å². The quantitative estimate of drug-likeness (QED) is 0.447. The number of hydrogen-bond acceptors (Lipinski definition) is 3. The maximum atomic E-state index is 9.67. The molecular formula is C20H14N4O. The lowest BCUT2D eigenvalue weighted by molar-refractivity contribution is 0.473. The van der Waals surface area contributed by atoms with Gasteiger partial charge >= 0.3 is 0 Å². The highest BCUT2D eigenvalue weighted by Crippen LogP contribution is 2.32. The summed E-state index contributed by atoms with van der Waals surface area (Å²) in [6, 6.07) is 18.0. The van der Waals surface area contributed by atoms with Crippen LogP contribution < -0.4 is 0 Å². The van der Waals surface area contributed by atoms with Crippen molar-refractivity contribution in [3.05, 3.63) is 67.0 Å². The first-order chi connectivity index (χ1) is 12.3. The second kappa shape index (κ2) is 5.21. The van der Waals surface area contributed by atoms with Gasteiger partial charge in [-0.1, -0.05) is 24.3 Å². The van der Waals surface area contributed by atoms with Gasteiger partial charge in [0.1, 0.15) is 11.4 Å². The SMILES string of the molecule is Oc1cncc(-c2ccc3[nH]nc(-c4cc5ccccc5[nH]4)c3c2)c1. The lowest BCUT2D eigenvalue weighted by atomic mass is 10.0. The summed E-state index contributed by atoms with van der Waals surface area (Å²) >= 11 is 0. The summed E-state index contributed by atoms with van der Waals surface area (Å²) in [5.74, 6) is 0.153. The van der Waals surface area contributed by atoms with Crippen molar-refractivity contribution in [1.29, 1.82) is 0 Å². The van der Waals surface area contributed by atoms with Gasteiger partial charge in [0.15, 0.2) is 0 Å². The van der Waals surface area contributed by atoms with E-state index >= 15 is 0 Å². The van der Waals surface area contributed by atoms with E-state index in [1.165, 1.54) is 6.20 Å². The first-order valence-corrected chi connectivity index (χ1v) is 7.98. The average Bonchev–Trinajstić information content (AvgIpc) is 3.24. The Bertz CT molecular complexity index is 1190. The maximum absolute atomic E-state index is 9.67. The van der Waals surface area contributed by atoms with Crippen molar-refractivity contribution in [2.45, 2.75) is 0 Å². The first-order valence-electron chi connectivity index (χ1n) is 7.98. The summed E-state index contributed by atoms with van der Waals surface area (Å²) in [5, 5.41) is 19.4. The van der Waals surface area contributed by atoms with Gasteiger partial charge in [-0.2, -0.15) is 5.10 Å². The number of benzene rings is 2. The molecule has 0 fully saturated rings. The van der Waals surface area contributed by atoms with Crippen LogP contribution in [0, 0.1) is 0 Å². The molecule has 5 rings (SSSR count). The number of nitrogens with zero attached hydrogens (tertiary/aromatic N) is 2. The highest BCUT2D eigenvalue weighted by molar-refractivity contribution is 5.97. The van der Waals surface area contributed by atoms with Crippen LogP contribution in [0.15, 0.2) is 67.0 Å². The molecule has 5 heteroatoms. The molecule has 0 saturated carbocycles. The Morgan fingerprint density at radius 2 is 1.76 bits per heavy atom. The van der Waals surface area contributed by atoms with Crippen LogP contribution in [-0.4, -0.2) is 25.3 Å². The fourth-order valence-corrected chi connectivity index (χ4v) is 3.19. The monoisotopic (exact) mass is 326 g/mol. The van der Waals surface area contributed by atoms with Gasteiger partial charge in [0.2, 0.25) is 0 Å². The third-order valence-corrected chi connectivity index (χ3v) is 4.41. The number of rotatable bonds is 2. The second-order valence-electron chi connectivity index (χ2n) is 6.03. The highest BCUT2D eigenvalue weighted by Gasteiger charge is 2.12. The zero-order valence-electron chi connectivity index (χ0n) is 13.2. The Balaban J connectivity index is 1.70. The molecule has 0 aliphatic rings. The number of hydrogen-bond donors (Lipinski definition) is 3. The molecule has 0 unspecified atom stereocenters. The Hall–Kier alpha value is -3.60. The van der Waals surface area contributed by atoms with Crippen molar-refractivity contribution in [3.8, 4) is 28.3 Å². The number of aromatic nitrogens is 4. The van der Waals surface area contributed by atoms with Crippen LogP contribution in [-0.2, 0) is 0 Å². The molecule has 5 nitrogen and oxygen atoms in total. The fraction of sp³-hybridized carbons (Fsp3) is 0. The van der Waals surface area contributed by atoms with E-state index in [-0.39, 0.29) is 5.75 Å². The van der Waals surface area contributed by atoms with Crippen LogP contribution in [0.25, 0.3) is 44.3 Å². The molecule has 0 aliphatic heterocycles. The third-order valence-electron chi connectivity index (χ3n) is 4.41. The summed E-state index contributed by atoms with van der Waals surface area (Å²) in [5.41, 5.74) is 5.74. The van der Waals surface area contributed by atoms with Gasteiger partial charge in [-0.15, -0.1) is 0 Å². The molecule has 0 spiro atoms. The van der Waals surface area contributed by atoms with Gasteiger partial charge in [0, 0.05) is 28.0 Å². The fourth-order valence-electron chi connectivity index (χ4n) is 3.19. The molecule has 3 N–H and O–H groups in total. The molecule has 25 heavy (non-hydrogen) atoms. The van der Waals surface area contributed by atoms with Crippen molar-refractivity contribution in [2.24, 2.45) is 0 Å². The van der Waals surface area contributed by atoms with E-state index in [4.69, 9.17) is 0 Å². The number of aromatic hydroxyl groups is 1. The minimum atomic E-state index is 0.153. The van der Waals surface area contributed by atoms with Crippen molar-refractivity contribution >= 4 is 21.8 Å². The summed E-state index contributed by atoms with van der Waals surface area (Å²) in [6.45, 7) is 0. The summed E-state index contributed by atoms with van der Waals surface area (Å²) in [4.78, 5) is 7.48. The number of aromatic amines is 2. The van der Waals surface area contributed by atoms with E-state index in [0.717, 1.165) is 44.3 Å². The standard InChI is InChI=1S/C20H14N4O/c25-15-7-14(10-21-11-15)12-5-6-18-16(8-12)20(24-23-18)19-9-13-3-1-2-4-17(13)22-19/h1-11,22,25H,(H,23,24). The lowest BCUT2D eigenvalue weighted by Crippen LogP contribution is -1.81. The minimum Gasteiger partial charge on any atom is -0.506 e. The molecule has 5 aromatic rings. The second-order valence-corrected chi connectivity index (χ2v) is 6.03. The predicted molar refractivity (Wildman–Crippen MR) is 98.3 cm³/mol. The third kappa shape index (κ3) is 2.25. The van der Waals surface area contributed by atoms with E-state index in [2.05, 4.69) is 44.4 Å². The molecule has 3 heterocycles. The molecule has 0 atom stereocenters. The molecule has 3 aromatic heterocycles. The van der Waals surface area contributed by atoms with Crippen molar-refractivity contribution in [2.75, 3.05) is 0 Å². The van der Waals surface area contributed by atoms with Crippen LogP contribution in [0.3, 0.4) is 0 Å². The van der Waals surface area contributed by atoms with E-state index in [0.29, 0.717) is 0 Å². The normalized spacial score (nSPS) is 11.4. The van der Waals surface area contributed by atoms with Gasteiger partial charge in [-0.25, -0.2) is 0 Å². The van der Waals surface area contributed by atoms with E-state index in [1.807, 2.05) is 24.3 Å². The number of H-pyrrole nitrogens is 2. The summed E-state index contributed by atoms with van der Waals surface area (Å²) in [7, 11) is 0. The number of fused-ring (bicyclic) bond motifs is 2. The Kier molecular flexibility index (Phi) is 2.87. The average molecular weight is 326 g/mol. The van der Waals surface area contributed by atoms with E-state index in [1.54, 1.807) is 12.3 Å². The van der Waals surface area contributed by atoms with E-state index in [9.17, 15) is 5.11 Å². The zero-order chi connectivity index (χ0) is 16.8. The largest absolute Gasteiger partial charge is 0.506 e. The smallest absolute Gasteiger partial charge is 0.134 e. The van der Waals surface area contributed by atoms with E-state index < -0.39 is 0 Å². The van der Waals surface area contributed by atoms with Crippen LogP contribution in [0.1, 0.15) is 0 Å². The minimum absolute atomic E-state index is 0.153. The molecule has 120 valence electrons. The van der Waals surface area contributed by atoms with Crippen LogP contribution in [0.5, 0.6) is 5.75 Å². The molecule has 0 amide bonds. The molecule has 0 bridgehead atoms. The number of pyridine rings is 1.